The molecule has 0 fully saturated rings. The van der Waals surface area contributed by atoms with Crippen LogP contribution in [0, 0.1) is 0 Å². The second kappa shape index (κ2) is 9.45. The van der Waals surface area contributed by atoms with Crippen LogP contribution >= 0.6 is 35.0 Å². The van der Waals surface area contributed by atoms with Gasteiger partial charge in [-0.1, -0.05) is 24.6 Å². The van der Waals surface area contributed by atoms with Gasteiger partial charge in [-0.15, -0.1) is 21.5 Å². The normalized spacial score (nSPS) is 11.3. The average molecular weight is 433 g/mol. The topological polar surface area (TPSA) is 64.3 Å². The highest BCUT2D eigenvalue weighted by atomic mass is 35.5. The van der Waals surface area contributed by atoms with Crippen LogP contribution in [-0.2, 0) is 10.7 Å². The standard InChI is InChI=1S/C16H15ClF2N4O2S2/c1-2-26-24-9-23(11-5-3-4-10(17)6-11)8-13-20-7-12(27-13)15-21-22-16(25-15)14(18)19/h3-7,14H,2,8-9H2,1H3. The van der Waals surface area contributed by atoms with Crippen molar-refractivity contribution in [2.24, 2.45) is 0 Å². The fraction of sp³-hybridized carbons (Fsp3) is 0.312. The Hall–Kier alpha value is -1.75. The van der Waals surface area contributed by atoms with Crippen LogP contribution in [0.1, 0.15) is 24.2 Å². The average Bonchev–Trinajstić information content (AvgIpc) is 3.30. The second-order valence-corrected chi connectivity index (χ2v) is 7.80. The van der Waals surface area contributed by atoms with Crippen LogP contribution in [0.2, 0.25) is 5.02 Å². The molecule has 0 spiro atoms. The Kier molecular flexibility index (Phi) is 7.00. The molecule has 0 aliphatic carbocycles. The molecule has 0 amide bonds. The van der Waals surface area contributed by atoms with Crippen molar-refractivity contribution in [3.8, 4) is 10.8 Å². The molecule has 0 atom stereocenters. The van der Waals surface area contributed by atoms with Gasteiger partial charge in [0.15, 0.2) is 0 Å². The molecule has 3 aromatic rings. The van der Waals surface area contributed by atoms with E-state index in [1.54, 1.807) is 6.07 Å². The van der Waals surface area contributed by atoms with Gasteiger partial charge in [0, 0.05) is 16.5 Å². The number of anilines is 1. The Labute approximate surface area is 167 Å². The lowest BCUT2D eigenvalue weighted by molar-refractivity contribution is 0.116. The highest BCUT2D eigenvalue weighted by Gasteiger charge is 2.19. The predicted octanol–water partition coefficient (Wildman–Crippen LogP) is 5.43. The minimum Gasteiger partial charge on any atom is -0.414 e. The lowest BCUT2D eigenvalue weighted by Gasteiger charge is -2.23. The minimum atomic E-state index is -2.80. The number of halogens is 3. The molecule has 0 saturated heterocycles. The van der Waals surface area contributed by atoms with Crippen LogP contribution < -0.4 is 4.90 Å². The van der Waals surface area contributed by atoms with Crippen molar-refractivity contribution in [1.82, 2.24) is 15.2 Å². The van der Waals surface area contributed by atoms with Gasteiger partial charge >= 0.3 is 6.43 Å². The summed E-state index contributed by atoms with van der Waals surface area (Å²) in [6, 6.07) is 7.41. The lowest BCUT2D eigenvalue weighted by Crippen LogP contribution is -2.24. The summed E-state index contributed by atoms with van der Waals surface area (Å²) in [5, 5.41) is 8.34. The molecule has 0 saturated carbocycles. The van der Waals surface area contributed by atoms with Gasteiger partial charge in [-0.2, -0.15) is 8.78 Å². The Morgan fingerprint density at radius 1 is 1.37 bits per heavy atom. The minimum absolute atomic E-state index is 0.0288. The van der Waals surface area contributed by atoms with Gasteiger partial charge in [0.1, 0.15) is 16.6 Å². The molecular formula is C16H15ClF2N4O2S2. The first-order chi connectivity index (χ1) is 13.1. The van der Waals surface area contributed by atoms with E-state index in [0.717, 1.165) is 16.4 Å². The molecule has 3 rings (SSSR count). The number of nitrogens with zero attached hydrogens (tertiary/aromatic N) is 4. The molecule has 6 nitrogen and oxygen atoms in total. The van der Waals surface area contributed by atoms with Crippen LogP contribution in [0.25, 0.3) is 10.8 Å². The Morgan fingerprint density at radius 2 is 2.22 bits per heavy atom. The van der Waals surface area contributed by atoms with Crippen LogP contribution in [0.3, 0.4) is 0 Å². The number of rotatable bonds is 9. The van der Waals surface area contributed by atoms with Crippen molar-refractivity contribution < 1.29 is 17.4 Å². The third-order valence-corrected chi connectivity index (χ3v) is 5.01. The molecular weight excluding hydrogens is 418 g/mol. The molecule has 27 heavy (non-hydrogen) atoms. The van der Waals surface area contributed by atoms with E-state index in [0.29, 0.717) is 23.2 Å². The lowest BCUT2D eigenvalue weighted by atomic mass is 10.3. The van der Waals surface area contributed by atoms with E-state index in [1.165, 1.54) is 29.6 Å². The van der Waals surface area contributed by atoms with Gasteiger partial charge in [-0.3, -0.25) is 4.18 Å². The van der Waals surface area contributed by atoms with E-state index >= 15 is 0 Å². The van der Waals surface area contributed by atoms with E-state index < -0.39 is 12.3 Å². The molecule has 0 bridgehead atoms. The van der Waals surface area contributed by atoms with Crippen LogP contribution in [0.5, 0.6) is 0 Å². The molecule has 144 valence electrons. The van der Waals surface area contributed by atoms with Crippen molar-refractivity contribution in [2.45, 2.75) is 19.9 Å². The fourth-order valence-corrected chi connectivity index (χ4v) is 3.54. The molecule has 1 aromatic carbocycles. The number of alkyl halides is 2. The highest BCUT2D eigenvalue weighted by molar-refractivity contribution is 7.94. The summed E-state index contributed by atoms with van der Waals surface area (Å²) < 4.78 is 35.8. The van der Waals surface area contributed by atoms with Crippen LogP contribution in [0.15, 0.2) is 34.9 Å². The van der Waals surface area contributed by atoms with Gasteiger partial charge in [-0.05, 0) is 30.2 Å². The summed E-state index contributed by atoms with van der Waals surface area (Å²) in [7, 11) is 0. The summed E-state index contributed by atoms with van der Waals surface area (Å²) in [4.78, 5) is 6.82. The van der Waals surface area contributed by atoms with E-state index in [1.807, 2.05) is 30.0 Å². The zero-order chi connectivity index (χ0) is 19.2. The molecule has 0 aliphatic heterocycles. The van der Waals surface area contributed by atoms with Gasteiger partial charge < -0.3 is 9.32 Å². The fourth-order valence-electron chi connectivity index (χ4n) is 2.14. The summed E-state index contributed by atoms with van der Waals surface area (Å²) in [5.41, 5.74) is 0.883. The number of aromatic nitrogens is 3. The monoisotopic (exact) mass is 432 g/mol. The molecule has 11 heteroatoms. The zero-order valence-corrected chi connectivity index (χ0v) is 16.5. The number of hydrogen-bond acceptors (Lipinski definition) is 8. The van der Waals surface area contributed by atoms with Crippen molar-refractivity contribution in [3.05, 3.63) is 46.4 Å². The third kappa shape index (κ3) is 5.38. The molecule has 2 heterocycles. The van der Waals surface area contributed by atoms with Gasteiger partial charge in [0.05, 0.1) is 12.7 Å². The van der Waals surface area contributed by atoms with E-state index in [2.05, 4.69) is 15.2 Å². The van der Waals surface area contributed by atoms with Crippen LogP contribution in [-0.4, -0.2) is 27.7 Å². The van der Waals surface area contributed by atoms with Crippen molar-refractivity contribution in [3.63, 3.8) is 0 Å². The summed E-state index contributed by atoms with van der Waals surface area (Å²) in [6.45, 7) is 2.79. The molecule has 0 radical (unpaired) electrons. The maximum atomic E-state index is 12.6. The number of hydrogen-bond donors (Lipinski definition) is 0. The smallest absolute Gasteiger partial charge is 0.314 e. The van der Waals surface area contributed by atoms with Crippen molar-refractivity contribution in [1.29, 1.82) is 0 Å². The highest BCUT2D eigenvalue weighted by Crippen LogP contribution is 2.29. The molecule has 0 N–H and O–H groups in total. The zero-order valence-electron chi connectivity index (χ0n) is 14.1. The van der Waals surface area contributed by atoms with E-state index in [-0.39, 0.29) is 5.89 Å². The van der Waals surface area contributed by atoms with Crippen molar-refractivity contribution >= 4 is 40.7 Å². The summed E-state index contributed by atoms with van der Waals surface area (Å²) in [6.07, 6.45) is -1.27. The quantitative estimate of drug-likeness (QED) is 0.253. The Bertz CT molecular complexity index is 877. The van der Waals surface area contributed by atoms with E-state index in [9.17, 15) is 8.78 Å². The molecule has 0 unspecified atom stereocenters. The summed E-state index contributed by atoms with van der Waals surface area (Å²) in [5.74, 6) is 0.153. The number of benzene rings is 1. The van der Waals surface area contributed by atoms with Gasteiger partial charge in [-0.25, -0.2) is 4.98 Å². The van der Waals surface area contributed by atoms with Crippen molar-refractivity contribution in [2.75, 3.05) is 17.4 Å². The largest absolute Gasteiger partial charge is 0.414 e. The Balaban J connectivity index is 1.76. The third-order valence-electron chi connectivity index (χ3n) is 3.30. The van der Waals surface area contributed by atoms with Crippen LogP contribution in [0.4, 0.5) is 14.5 Å². The maximum Gasteiger partial charge on any atom is 0.314 e. The van der Waals surface area contributed by atoms with E-state index in [4.69, 9.17) is 20.2 Å². The molecule has 2 aromatic heterocycles. The SMILES string of the molecule is CCSOCN(Cc1ncc(-c2nnc(C(F)F)o2)s1)c1cccc(Cl)c1. The molecule has 0 aliphatic rings. The second-order valence-electron chi connectivity index (χ2n) is 5.20. The predicted molar refractivity (Wildman–Crippen MR) is 102 cm³/mol. The van der Waals surface area contributed by atoms with Gasteiger partial charge in [0.25, 0.3) is 11.8 Å². The maximum absolute atomic E-state index is 12.6. The first kappa shape index (κ1) is 20.0. The Morgan fingerprint density at radius 3 is 2.93 bits per heavy atom. The first-order valence-electron chi connectivity index (χ1n) is 7.88. The summed E-state index contributed by atoms with van der Waals surface area (Å²) >= 11 is 8.74. The van der Waals surface area contributed by atoms with Gasteiger partial charge in [0.2, 0.25) is 0 Å². The number of thiazole rings is 1. The first-order valence-corrected chi connectivity index (χ1v) is 9.99.